The van der Waals surface area contributed by atoms with Crippen molar-refractivity contribution in [3.8, 4) is 5.75 Å². The van der Waals surface area contributed by atoms with Crippen LogP contribution in [0.5, 0.6) is 5.75 Å². The van der Waals surface area contributed by atoms with Crippen molar-refractivity contribution in [2.45, 2.75) is 33.3 Å². The SMILES string of the molecule is CCC(C)Oc1cccc(N=C(C)N)c1. The van der Waals surface area contributed by atoms with Crippen LogP contribution >= 0.6 is 0 Å². The largest absolute Gasteiger partial charge is 0.491 e. The van der Waals surface area contributed by atoms with Gasteiger partial charge in [-0.3, -0.25) is 0 Å². The van der Waals surface area contributed by atoms with Gasteiger partial charge in [-0.25, -0.2) is 4.99 Å². The smallest absolute Gasteiger partial charge is 0.121 e. The number of rotatable bonds is 4. The summed E-state index contributed by atoms with van der Waals surface area (Å²) in [6.07, 6.45) is 1.21. The zero-order valence-electron chi connectivity index (χ0n) is 9.53. The monoisotopic (exact) mass is 206 g/mol. The molecule has 0 heterocycles. The zero-order chi connectivity index (χ0) is 11.3. The van der Waals surface area contributed by atoms with Gasteiger partial charge in [-0.15, -0.1) is 0 Å². The molecule has 0 amide bonds. The van der Waals surface area contributed by atoms with Gasteiger partial charge in [-0.05, 0) is 32.4 Å². The molecule has 0 aliphatic heterocycles. The Bertz CT molecular complexity index is 343. The second-order valence-electron chi connectivity index (χ2n) is 3.59. The summed E-state index contributed by atoms with van der Waals surface area (Å²) in [5.74, 6) is 1.39. The molecule has 0 aromatic heterocycles. The maximum Gasteiger partial charge on any atom is 0.121 e. The highest BCUT2D eigenvalue weighted by atomic mass is 16.5. The number of nitrogens with zero attached hydrogens (tertiary/aromatic N) is 1. The lowest BCUT2D eigenvalue weighted by molar-refractivity contribution is 0.217. The number of benzene rings is 1. The predicted molar refractivity (Wildman–Crippen MR) is 63.8 cm³/mol. The predicted octanol–water partition coefficient (Wildman–Crippen LogP) is 2.87. The molecule has 1 rings (SSSR count). The fourth-order valence-electron chi connectivity index (χ4n) is 1.15. The van der Waals surface area contributed by atoms with Gasteiger partial charge in [0.15, 0.2) is 0 Å². The van der Waals surface area contributed by atoms with E-state index in [1.165, 1.54) is 0 Å². The maximum absolute atomic E-state index is 5.68. The van der Waals surface area contributed by atoms with Gasteiger partial charge < -0.3 is 10.5 Å². The van der Waals surface area contributed by atoms with Crippen molar-refractivity contribution < 1.29 is 4.74 Å². The molecule has 2 N–H and O–H groups in total. The molecule has 1 aromatic rings. The first kappa shape index (κ1) is 11.6. The third-order valence-electron chi connectivity index (χ3n) is 2.04. The Morgan fingerprint density at radius 1 is 1.53 bits per heavy atom. The van der Waals surface area contributed by atoms with E-state index in [1.54, 1.807) is 6.92 Å². The normalized spacial score (nSPS) is 13.7. The Hall–Kier alpha value is -1.51. The van der Waals surface area contributed by atoms with Crippen molar-refractivity contribution in [3.63, 3.8) is 0 Å². The average Bonchev–Trinajstić information content (AvgIpc) is 2.17. The Morgan fingerprint density at radius 3 is 2.87 bits per heavy atom. The van der Waals surface area contributed by atoms with Crippen LogP contribution in [-0.4, -0.2) is 11.9 Å². The van der Waals surface area contributed by atoms with Crippen molar-refractivity contribution in [1.82, 2.24) is 0 Å². The summed E-state index contributed by atoms with van der Waals surface area (Å²) < 4.78 is 5.68. The molecule has 82 valence electrons. The molecule has 1 unspecified atom stereocenters. The summed E-state index contributed by atoms with van der Waals surface area (Å²) in [4.78, 5) is 4.17. The van der Waals surface area contributed by atoms with E-state index in [2.05, 4.69) is 11.9 Å². The average molecular weight is 206 g/mol. The molecule has 3 nitrogen and oxygen atoms in total. The van der Waals surface area contributed by atoms with Gasteiger partial charge in [0.25, 0.3) is 0 Å². The van der Waals surface area contributed by atoms with Gasteiger partial charge >= 0.3 is 0 Å². The van der Waals surface area contributed by atoms with E-state index in [9.17, 15) is 0 Å². The molecule has 3 heteroatoms. The van der Waals surface area contributed by atoms with Crippen LogP contribution in [0.3, 0.4) is 0 Å². The van der Waals surface area contributed by atoms with Crippen LogP contribution in [0, 0.1) is 0 Å². The van der Waals surface area contributed by atoms with Gasteiger partial charge in [-0.2, -0.15) is 0 Å². The van der Waals surface area contributed by atoms with Gasteiger partial charge in [0.05, 0.1) is 17.6 Å². The molecular weight excluding hydrogens is 188 g/mol. The molecule has 0 aliphatic carbocycles. The first-order valence-electron chi connectivity index (χ1n) is 5.19. The van der Waals surface area contributed by atoms with Crippen LogP contribution in [0.15, 0.2) is 29.3 Å². The summed E-state index contributed by atoms with van der Waals surface area (Å²) in [7, 11) is 0. The van der Waals surface area contributed by atoms with Crippen molar-refractivity contribution in [2.24, 2.45) is 10.7 Å². The Balaban J connectivity index is 2.79. The topological polar surface area (TPSA) is 47.6 Å². The Kier molecular flexibility index (Phi) is 4.16. The molecule has 1 aromatic carbocycles. The minimum Gasteiger partial charge on any atom is -0.491 e. The van der Waals surface area contributed by atoms with Crippen LogP contribution < -0.4 is 10.5 Å². The van der Waals surface area contributed by atoms with E-state index in [0.29, 0.717) is 5.84 Å². The highest BCUT2D eigenvalue weighted by Gasteiger charge is 2.01. The molecule has 0 saturated carbocycles. The number of ether oxygens (including phenoxy) is 1. The number of hydrogen-bond acceptors (Lipinski definition) is 2. The Labute approximate surface area is 91.0 Å². The third kappa shape index (κ3) is 4.02. The molecule has 15 heavy (non-hydrogen) atoms. The van der Waals surface area contributed by atoms with Gasteiger partial charge in [0, 0.05) is 6.07 Å². The standard InChI is InChI=1S/C12H18N2O/c1-4-9(2)15-12-7-5-6-11(8-12)14-10(3)13/h5-9H,4H2,1-3H3,(H2,13,14). The summed E-state index contributed by atoms with van der Waals surface area (Å²) in [6.45, 7) is 5.91. The van der Waals surface area contributed by atoms with Gasteiger partial charge in [0.1, 0.15) is 5.75 Å². The molecule has 0 fully saturated rings. The van der Waals surface area contributed by atoms with E-state index in [4.69, 9.17) is 10.5 Å². The second kappa shape index (κ2) is 5.39. The summed E-state index contributed by atoms with van der Waals surface area (Å²) in [6, 6.07) is 7.64. The molecule has 0 bridgehead atoms. The van der Waals surface area contributed by atoms with Crippen molar-refractivity contribution in [2.75, 3.05) is 0 Å². The van der Waals surface area contributed by atoms with Crippen LogP contribution in [0.4, 0.5) is 5.69 Å². The van der Waals surface area contributed by atoms with E-state index in [1.807, 2.05) is 31.2 Å². The highest BCUT2D eigenvalue weighted by molar-refractivity contribution is 5.80. The number of amidine groups is 1. The third-order valence-corrected chi connectivity index (χ3v) is 2.04. The van der Waals surface area contributed by atoms with Crippen molar-refractivity contribution >= 4 is 11.5 Å². The lowest BCUT2D eigenvalue weighted by atomic mass is 10.3. The fourth-order valence-corrected chi connectivity index (χ4v) is 1.15. The fraction of sp³-hybridized carbons (Fsp3) is 0.417. The first-order chi connectivity index (χ1) is 7.11. The second-order valence-corrected chi connectivity index (χ2v) is 3.59. The van der Waals surface area contributed by atoms with E-state index >= 15 is 0 Å². The summed E-state index contributed by atoms with van der Waals surface area (Å²) in [5.41, 5.74) is 6.34. The summed E-state index contributed by atoms with van der Waals surface area (Å²) in [5, 5.41) is 0. The molecule has 0 radical (unpaired) electrons. The molecule has 0 aliphatic rings. The van der Waals surface area contributed by atoms with E-state index in [-0.39, 0.29) is 6.10 Å². The molecule has 1 atom stereocenters. The molecular formula is C12H18N2O. The first-order valence-corrected chi connectivity index (χ1v) is 5.19. The van der Waals surface area contributed by atoms with Crippen LogP contribution in [0.25, 0.3) is 0 Å². The van der Waals surface area contributed by atoms with E-state index < -0.39 is 0 Å². The number of nitrogens with two attached hydrogens (primary N) is 1. The molecule has 0 saturated heterocycles. The van der Waals surface area contributed by atoms with Crippen molar-refractivity contribution in [3.05, 3.63) is 24.3 Å². The lowest BCUT2D eigenvalue weighted by Gasteiger charge is -2.12. The lowest BCUT2D eigenvalue weighted by Crippen LogP contribution is -2.09. The zero-order valence-corrected chi connectivity index (χ0v) is 9.53. The van der Waals surface area contributed by atoms with Crippen LogP contribution in [-0.2, 0) is 0 Å². The quantitative estimate of drug-likeness (QED) is 0.608. The summed E-state index contributed by atoms with van der Waals surface area (Å²) >= 11 is 0. The number of aliphatic imine (C=N–C) groups is 1. The van der Waals surface area contributed by atoms with Crippen molar-refractivity contribution in [1.29, 1.82) is 0 Å². The van der Waals surface area contributed by atoms with Gasteiger partial charge in [0.2, 0.25) is 0 Å². The molecule has 0 spiro atoms. The highest BCUT2D eigenvalue weighted by Crippen LogP contribution is 2.21. The number of hydrogen-bond donors (Lipinski definition) is 1. The minimum atomic E-state index is 0.225. The minimum absolute atomic E-state index is 0.225. The van der Waals surface area contributed by atoms with Crippen LogP contribution in [0.2, 0.25) is 0 Å². The Morgan fingerprint density at radius 2 is 2.27 bits per heavy atom. The van der Waals surface area contributed by atoms with E-state index in [0.717, 1.165) is 17.9 Å². The van der Waals surface area contributed by atoms with Crippen LogP contribution in [0.1, 0.15) is 27.2 Å². The van der Waals surface area contributed by atoms with Gasteiger partial charge in [-0.1, -0.05) is 13.0 Å². The maximum atomic E-state index is 5.68.